The fourth-order valence-corrected chi connectivity index (χ4v) is 2.89. The van der Waals surface area contributed by atoms with Gasteiger partial charge in [0.2, 0.25) is 0 Å². The van der Waals surface area contributed by atoms with Gasteiger partial charge < -0.3 is 15.2 Å². The summed E-state index contributed by atoms with van der Waals surface area (Å²) < 4.78 is 0. The van der Waals surface area contributed by atoms with Crippen LogP contribution in [0.25, 0.3) is 22.6 Å². The fraction of sp³-hybridized carbons (Fsp3) is 0.278. The van der Waals surface area contributed by atoms with Crippen LogP contribution in [-0.4, -0.2) is 31.1 Å². The highest BCUT2D eigenvalue weighted by Crippen LogP contribution is 2.28. The molecule has 3 rings (SSSR count). The lowest BCUT2D eigenvalue weighted by Crippen LogP contribution is -1.97. The Bertz CT molecular complexity index is 898. The summed E-state index contributed by atoms with van der Waals surface area (Å²) in [4.78, 5) is 23.2. The largest absolute Gasteiger partial charge is 0.507 e. The smallest absolute Gasteiger partial charge is 0.339 e. The summed E-state index contributed by atoms with van der Waals surface area (Å²) in [7, 11) is 0. The Hall–Kier alpha value is -2.89. The number of aromatic carboxylic acids is 1. The maximum absolute atomic E-state index is 11.2. The number of aromatic nitrogens is 3. The highest BCUT2D eigenvalue weighted by atomic mass is 16.4. The van der Waals surface area contributed by atoms with Crippen molar-refractivity contribution in [3.8, 4) is 17.1 Å². The third-order valence-corrected chi connectivity index (χ3v) is 4.32. The average Bonchev–Trinajstić information content (AvgIpc) is 2.99. The Balaban J connectivity index is 2.05. The number of imidazole rings is 1. The number of hydrogen-bond donors (Lipinski definition) is 3. The van der Waals surface area contributed by atoms with Crippen molar-refractivity contribution in [1.29, 1.82) is 0 Å². The zero-order valence-electron chi connectivity index (χ0n) is 13.6. The quantitative estimate of drug-likeness (QED) is 0.660. The van der Waals surface area contributed by atoms with E-state index < -0.39 is 5.97 Å². The molecule has 0 amide bonds. The van der Waals surface area contributed by atoms with Crippen LogP contribution in [0.5, 0.6) is 5.75 Å². The SMILES string of the molecule is CCC(CC)c1cnc2nc(-c3ccc(O)c(C(=O)O)c3)[nH]c2c1. The summed E-state index contributed by atoms with van der Waals surface area (Å²) >= 11 is 0. The topological polar surface area (TPSA) is 99.1 Å². The maximum atomic E-state index is 11.2. The minimum Gasteiger partial charge on any atom is -0.507 e. The summed E-state index contributed by atoms with van der Waals surface area (Å²) in [6.45, 7) is 4.31. The van der Waals surface area contributed by atoms with E-state index in [0.717, 1.165) is 18.4 Å². The molecule has 0 aliphatic carbocycles. The summed E-state index contributed by atoms with van der Waals surface area (Å²) in [5.41, 5.74) is 3.01. The molecule has 124 valence electrons. The normalized spacial score (nSPS) is 11.3. The number of carboxylic acids is 1. The van der Waals surface area contributed by atoms with Crippen molar-refractivity contribution in [1.82, 2.24) is 15.0 Å². The lowest BCUT2D eigenvalue weighted by atomic mass is 9.95. The fourth-order valence-electron chi connectivity index (χ4n) is 2.89. The predicted molar refractivity (Wildman–Crippen MR) is 91.3 cm³/mol. The number of aromatic amines is 1. The van der Waals surface area contributed by atoms with Crippen LogP contribution in [0.3, 0.4) is 0 Å². The molecular weight excluding hydrogens is 306 g/mol. The Morgan fingerprint density at radius 1 is 1.25 bits per heavy atom. The highest BCUT2D eigenvalue weighted by Gasteiger charge is 2.15. The third kappa shape index (κ3) is 2.82. The van der Waals surface area contributed by atoms with Gasteiger partial charge in [0, 0.05) is 11.8 Å². The molecule has 2 heterocycles. The summed E-state index contributed by atoms with van der Waals surface area (Å²) in [5, 5.41) is 18.7. The van der Waals surface area contributed by atoms with Gasteiger partial charge in [-0.25, -0.2) is 14.8 Å². The molecule has 6 nitrogen and oxygen atoms in total. The first-order valence-electron chi connectivity index (χ1n) is 7.95. The van der Waals surface area contributed by atoms with Crippen LogP contribution in [0.4, 0.5) is 0 Å². The summed E-state index contributed by atoms with van der Waals surface area (Å²) in [6, 6.07) is 6.43. The number of pyridine rings is 1. The van der Waals surface area contributed by atoms with Gasteiger partial charge in [0.15, 0.2) is 5.65 Å². The Morgan fingerprint density at radius 2 is 2.00 bits per heavy atom. The van der Waals surface area contributed by atoms with Crippen molar-refractivity contribution < 1.29 is 15.0 Å². The van der Waals surface area contributed by atoms with Crippen LogP contribution in [-0.2, 0) is 0 Å². The van der Waals surface area contributed by atoms with E-state index in [9.17, 15) is 9.90 Å². The van der Waals surface area contributed by atoms with Crippen LogP contribution in [0.2, 0.25) is 0 Å². The monoisotopic (exact) mass is 325 g/mol. The maximum Gasteiger partial charge on any atom is 0.339 e. The molecular formula is C18H19N3O3. The van der Waals surface area contributed by atoms with Gasteiger partial charge in [-0.1, -0.05) is 13.8 Å². The van der Waals surface area contributed by atoms with Gasteiger partial charge in [-0.3, -0.25) is 0 Å². The number of nitrogens with zero attached hydrogens (tertiary/aromatic N) is 2. The molecule has 0 atom stereocenters. The van der Waals surface area contributed by atoms with Gasteiger partial charge >= 0.3 is 5.97 Å². The second kappa shape index (κ2) is 6.31. The predicted octanol–water partition coefficient (Wildman–Crippen LogP) is 3.93. The van der Waals surface area contributed by atoms with Crippen molar-refractivity contribution in [3.63, 3.8) is 0 Å². The van der Waals surface area contributed by atoms with Gasteiger partial charge in [-0.15, -0.1) is 0 Å². The number of fused-ring (bicyclic) bond motifs is 1. The second-order valence-electron chi connectivity index (χ2n) is 5.78. The van der Waals surface area contributed by atoms with Crippen molar-refractivity contribution in [2.45, 2.75) is 32.6 Å². The lowest BCUT2D eigenvalue weighted by Gasteiger charge is -2.11. The number of carboxylic acid groups (broad SMARTS) is 1. The van der Waals surface area contributed by atoms with Crippen molar-refractivity contribution in [3.05, 3.63) is 41.6 Å². The molecule has 0 unspecified atom stereocenters. The van der Waals surface area contributed by atoms with Gasteiger partial charge in [-0.05, 0) is 48.6 Å². The standard InChI is InChI=1S/C18H19N3O3/c1-3-10(4-2)12-8-14-17(19-9-12)21-16(20-14)11-5-6-15(22)13(7-11)18(23)24/h5-10,22H,3-4H2,1-2H3,(H,23,24)(H,19,20,21). The van der Waals surface area contributed by atoms with E-state index in [0.29, 0.717) is 23.0 Å². The number of nitrogens with one attached hydrogen (secondary N) is 1. The molecule has 0 fully saturated rings. The molecule has 0 spiro atoms. The van der Waals surface area contributed by atoms with Gasteiger partial charge in [0.1, 0.15) is 17.1 Å². The van der Waals surface area contributed by atoms with E-state index in [2.05, 4.69) is 34.9 Å². The third-order valence-electron chi connectivity index (χ3n) is 4.32. The second-order valence-corrected chi connectivity index (χ2v) is 5.78. The van der Waals surface area contributed by atoms with Gasteiger partial charge in [0.25, 0.3) is 0 Å². The lowest BCUT2D eigenvalue weighted by molar-refractivity contribution is 0.0694. The van der Waals surface area contributed by atoms with Crippen LogP contribution >= 0.6 is 0 Å². The number of benzene rings is 1. The number of hydrogen-bond acceptors (Lipinski definition) is 4. The van der Waals surface area contributed by atoms with Crippen LogP contribution < -0.4 is 0 Å². The van der Waals surface area contributed by atoms with E-state index in [4.69, 9.17) is 5.11 Å². The number of phenols is 1. The Morgan fingerprint density at radius 3 is 2.67 bits per heavy atom. The molecule has 0 radical (unpaired) electrons. The van der Waals surface area contributed by atoms with Crippen molar-refractivity contribution in [2.24, 2.45) is 0 Å². The zero-order chi connectivity index (χ0) is 17.3. The minimum absolute atomic E-state index is 0.154. The van der Waals surface area contributed by atoms with E-state index in [1.54, 1.807) is 6.07 Å². The number of H-pyrrole nitrogens is 1. The number of aromatic hydroxyl groups is 1. The minimum atomic E-state index is -1.18. The van der Waals surface area contributed by atoms with E-state index >= 15 is 0 Å². The highest BCUT2D eigenvalue weighted by molar-refractivity contribution is 5.92. The molecule has 0 saturated carbocycles. The van der Waals surface area contributed by atoms with Crippen molar-refractivity contribution >= 4 is 17.1 Å². The first-order chi connectivity index (χ1) is 11.5. The first kappa shape index (κ1) is 16.0. The first-order valence-corrected chi connectivity index (χ1v) is 7.95. The van der Waals surface area contributed by atoms with E-state index in [-0.39, 0.29) is 11.3 Å². The molecule has 6 heteroatoms. The molecule has 24 heavy (non-hydrogen) atoms. The molecule has 0 saturated heterocycles. The Kier molecular flexibility index (Phi) is 4.20. The van der Waals surface area contributed by atoms with E-state index in [1.807, 2.05) is 6.20 Å². The molecule has 3 aromatic rings. The van der Waals surface area contributed by atoms with Gasteiger partial charge in [0.05, 0.1) is 5.52 Å². The van der Waals surface area contributed by atoms with Gasteiger partial charge in [-0.2, -0.15) is 0 Å². The molecule has 0 aliphatic rings. The molecule has 2 aromatic heterocycles. The number of rotatable bonds is 5. The van der Waals surface area contributed by atoms with Crippen LogP contribution in [0.1, 0.15) is 48.5 Å². The van der Waals surface area contributed by atoms with E-state index in [1.165, 1.54) is 17.7 Å². The zero-order valence-corrected chi connectivity index (χ0v) is 13.6. The summed E-state index contributed by atoms with van der Waals surface area (Å²) in [5.74, 6) is -0.459. The average molecular weight is 325 g/mol. The molecule has 0 bridgehead atoms. The van der Waals surface area contributed by atoms with Crippen LogP contribution in [0.15, 0.2) is 30.5 Å². The Labute approximate surface area is 139 Å². The molecule has 0 aliphatic heterocycles. The molecule has 3 N–H and O–H groups in total. The van der Waals surface area contributed by atoms with Crippen molar-refractivity contribution in [2.75, 3.05) is 0 Å². The number of carbonyl (C=O) groups is 1. The molecule has 1 aromatic carbocycles. The summed E-state index contributed by atoms with van der Waals surface area (Å²) in [6.07, 6.45) is 3.94. The van der Waals surface area contributed by atoms with Crippen LogP contribution in [0, 0.1) is 0 Å².